The topological polar surface area (TPSA) is 38.5 Å². The van der Waals surface area contributed by atoms with Crippen molar-refractivity contribution in [2.45, 2.75) is 89.4 Å². The summed E-state index contributed by atoms with van der Waals surface area (Å²) in [5, 5.41) is 0. The van der Waals surface area contributed by atoms with Gasteiger partial charge in [0.05, 0.1) is 11.7 Å². The molecule has 1 saturated heterocycles. The highest BCUT2D eigenvalue weighted by molar-refractivity contribution is 4.95. The van der Waals surface area contributed by atoms with Crippen molar-refractivity contribution in [2.75, 3.05) is 19.6 Å². The van der Waals surface area contributed by atoms with Crippen molar-refractivity contribution in [2.24, 2.45) is 5.73 Å². The van der Waals surface area contributed by atoms with Crippen LogP contribution in [0.2, 0.25) is 0 Å². The maximum Gasteiger partial charge on any atom is 0.0710 e. The minimum atomic E-state index is 0.130. The van der Waals surface area contributed by atoms with E-state index in [2.05, 4.69) is 25.7 Å². The van der Waals surface area contributed by atoms with Crippen LogP contribution in [-0.2, 0) is 4.74 Å². The lowest BCUT2D eigenvalue weighted by atomic mass is 9.95. The summed E-state index contributed by atoms with van der Waals surface area (Å²) in [4.78, 5) is 2.59. The van der Waals surface area contributed by atoms with Crippen LogP contribution in [-0.4, -0.2) is 41.8 Å². The van der Waals surface area contributed by atoms with Gasteiger partial charge in [-0.1, -0.05) is 26.7 Å². The van der Waals surface area contributed by atoms with E-state index in [9.17, 15) is 0 Å². The molecule has 2 rings (SSSR count). The molecule has 2 unspecified atom stereocenters. The van der Waals surface area contributed by atoms with Crippen molar-refractivity contribution in [1.29, 1.82) is 0 Å². The smallest absolute Gasteiger partial charge is 0.0710 e. The van der Waals surface area contributed by atoms with Crippen LogP contribution in [0, 0.1) is 0 Å². The molecule has 3 nitrogen and oxygen atoms in total. The zero-order valence-electron chi connectivity index (χ0n) is 13.8. The highest BCUT2D eigenvalue weighted by atomic mass is 16.5. The van der Waals surface area contributed by atoms with E-state index in [0.717, 1.165) is 26.1 Å². The molecular formula is C17H34N2O. The van der Waals surface area contributed by atoms with Crippen molar-refractivity contribution in [3.05, 3.63) is 0 Å². The van der Waals surface area contributed by atoms with E-state index in [0.29, 0.717) is 6.10 Å². The van der Waals surface area contributed by atoms with Crippen LogP contribution in [0.15, 0.2) is 0 Å². The quantitative estimate of drug-likeness (QED) is 0.778. The second-order valence-electron chi connectivity index (χ2n) is 7.17. The Labute approximate surface area is 125 Å². The Morgan fingerprint density at radius 1 is 1.25 bits per heavy atom. The van der Waals surface area contributed by atoms with Crippen LogP contribution in [0.25, 0.3) is 0 Å². The maximum absolute atomic E-state index is 6.49. The van der Waals surface area contributed by atoms with Gasteiger partial charge >= 0.3 is 0 Å². The molecule has 0 aromatic heterocycles. The molecule has 1 aliphatic carbocycles. The third-order valence-electron chi connectivity index (χ3n) is 5.74. The molecule has 2 aliphatic rings. The minimum absolute atomic E-state index is 0.130. The van der Waals surface area contributed by atoms with Crippen LogP contribution in [0.3, 0.4) is 0 Å². The fourth-order valence-corrected chi connectivity index (χ4v) is 4.01. The molecule has 1 heterocycles. The van der Waals surface area contributed by atoms with Gasteiger partial charge in [-0.15, -0.1) is 0 Å². The Balaban J connectivity index is 1.95. The summed E-state index contributed by atoms with van der Waals surface area (Å²) in [5.41, 5.74) is 6.44. The lowest BCUT2D eigenvalue weighted by Crippen LogP contribution is -2.54. The van der Waals surface area contributed by atoms with Crippen LogP contribution < -0.4 is 5.73 Å². The summed E-state index contributed by atoms with van der Waals surface area (Å²) < 4.78 is 6.49. The van der Waals surface area contributed by atoms with Gasteiger partial charge in [0.25, 0.3) is 0 Å². The molecule has 1 spiro atoms. The Kier molecular flexibility index (Phi) is 5.49. The highest BCUT2D eigenvalue weighted by Gasteiger charge is 2.43. The second-order valence-corrected chi connectivity index (χ2v) is 7.17. The molecule has 0 aromatic carbocycles. The minimum Gasteiger partial charge on any atom is -0.370 e. The largest absolute Gasteiger partial charge is 0.370 e. The molecule has 2 atom stereocenters. The third-order valence-corrected chi connectivity index (χ3v) is 5.74. The Hall–Kier alpha value is -0.120. The number of ether oxygens (including phenoxy) is 1. The van der Waals surface area contributed by atoms with Gasteiger partial charge in [-0.05, 0) is 52.0 Å². The normalized spacial score (nSPS) is 28.4. The molecule has 2 N–H and O–H groups in total. The molecule has 118 valence electrons. The lowest BCUT2D eigenvalue weighted by Gasteiger charge is -2.41. The third kappa shape index (κ3) is 3.37. The lowest BCUT2D eigenvalue weighted by molar-refractivity contribution is -0.0589. The fraction of sp³-hybridized carbons (Fsp3) is 1.00. The van der Waals surface area contributed by atoms with Gasteiger partial charge in [-0.25, -0.2) is 0 Å². The summed E-state index contributed by atoms with van der Waals surface area (Å²) in [6.45, 7) is 9.76. The molecule has 0 bridgehead atoms. The van der Waals surface area contributed by atoms with Gasteiger partial charge in [0.2, 0.25) is 0 Å². The zero-order chi connectivity index (χ0) is 14.6. The average Bonchev–Trinajstić information content (AvgIpc) is 3.08. The monoisotopic (exact) mass is 282 g/mol. The molecule has 0 amide bonds. The van der Waals surface area contributed by atoms with Crippen molar-refractivity contribution in [3.8, 4) is 0 Å². The van der Waals surface area contributed by atoms with Gasteiger partial charge in [0, 0.05) is 18.6 Å². The predicted octanol–water partition coefficient (Wildman–Crippen LogP) is 3.32. The van der Waals surface area contributed by atoms with Gasteiger partial charge < -0.3 is 10.5 Å². The summed E-state index contributed by atoms with van der Waals surface area (Å²) >= 11 is 0. The van der Waals surface area contributed by atoms with E-state index in [-0.39, 0.29) is 11.1 Å². The zero-order valence-corrected chi connectivity index (χ0v) is 13.8. The first-order valence-electron chi connectivity index (χ1n) is 8.70. The molecule has 3 heteroatoms. The molecule has 1 saturated carbocycles. The summed E-state index contributed by atoms with van der Waals surface area (Å²) in [6, 6.07) is 0. The van der Waals surface area contributed by atoms with Crippen LogP contribution in [0.1, 0.15) is 72.1 Å². The van der Waals surface area contributed by atoms with Crippen molar-refractivity contribution in [3.63, 3.8) is 0 Å². The number of hydrogen-bond acceptors (Lipinski definition) is 3. The maximum atomic E-state index is 6.49. The van der Waals surface area contributed by atoms with E-state index < -0.39 is 0 Å². The standard InChI is InChI=1S/C17H34N2O/c1-4-12-19(16(3,5-2)14-18)13-15-8-11-17(20-15)9-6-7-10-17/h15H,4-14,18H2,1-3H3. The Morgan fingerprint density at radius 2 is 1.95 bits per heavy atom. The van der Waals surface area contributed by atoms with Gasteiger partial charge in [0.1, 0.15) is 0 Å². The van der Waals surface area contributed by atoms with Gasteiger partial charge in [-0.3, -0.25) is 4.90 Å². The molecule has 1 aliphatic heterocycles. The number of hydrogen-bond donors (Lipinski definition) is 1. The second kappa shape index (κ2) is 6.76. The van der Waals surface area contributed by atoms with Crippen LogP contribution >= 0.6 is 0 Å². The molecule has 2 fully saturated rings. The van der Waals surface area contributed by atoms with E-state index in [1.54, 1.807) is 0 Å². The van der Waals surface area contributed by atoms with E-state index >= 15 is 0 Å². The predicted molar refractivity (Wildman–Crippen MR) is 84.9 cm³/mol. The van der Waals surface area contributed by atoms with Gasteiger partial charge in [0.15, 0.2) is 0 Å². The van der Waals surface area contributed by atoms with E-state index in [1.165, 1.54) is 44.9 Å². The summed E-state index contributed by atoms with van der Waals surface area (Å²) in [6.07, 6.45) is 10.6. The average molecular weight is 282 g/mol. The summed E-state index contributed by atoms with van der Waals surface area (Å²) in [7, 11) is 0. The molecule has 0 radical (unpaired) electrons. The first-order valence-corrected chi connectivity index (χ1v) is 8.70. The van der Waals surface area contributed by atoms with E-state index in [4.69, 9.17) is 10.5 Å². The number of nitrogens with zero attached hydrogens (tertiary/aromatic N) is 1. The summed E-state index contributed by atoms with van der Waals surface area (Å²) in [5.74, 6) is 0. The van der Waals surface area contributed by atoms with Gasteiger partial charge in [-0.2, -0.15) is 0 Å². The van der Waals surface area contributed by atoms with Crippen molar-refractivity contribution < 1.29 is 4.74 Å². The first-order chi connectivity index (χ1) is 9.57. The first kappa shape index (κ1) is 16.3. The Morgan fingerprint density at radius 3 is 2.50 bits per heavy atom. The Bertz CT molecular complexity index is 295. The number of rotatable bonds is 7. The molecule has 20 heavy (non-hydrogen) atoms. The SMILES string of the molecule is CCCN(CC1CCC2(CCCC2)O1)C(C)(CC)CN. The number of nitrogens with two attached hydrogens (primary N) is 1. The van der Waals surface area contributed by atoms with E-state index in [1.807, 2.05) is 0 Å². The van der Waals surface area contributed by atoms with Crippen molar-refractivity contribution in [1.82, 2.24) is 4.90 Å². The molecule has 0 aromatic rings. The van der Waals surface area contributed by atoms with Crippen molar-refractivity contribution >= 4 is 0 Å². The van der Waals surface area contributed by atoms with Crippen LogP contribution in [0.5, 0.6) is 0 Å². The fourth-order valence-electron chi connectivity index (χ4n) is 4.01. The highest BCUT2D eigenvalue weighted by Crippen LogP contribution is 2.43. The molecular weight excluding hydrogens is 248 g/mol. The van der Waals surface area contributed by atoms with Crippen LogP contribution in [0.4, 0.5) is 0 Å².